The Morgan fingerprint density at radius 3 is 2.56 bits per heavy atom. The molecule has 8 nitrogen and oxygen atoms in total. The molecule has 8 heteroatoms. The summed E-state index contributed by atoms with van der Waals surface area (Å²) >= 11 is 0. The van der Waals surface area contributed by atoms with Crippen molar-refractivity contribution in [2.24, 2.45) is 0 Å². The van der Waals surface area contributed by atoms with Gasteiger partial charge in [-0.25, -0.2) is 0 Å². The molecule has 2 heterocycles. The number of anilines is 1. The third-order valence-corrected chi connectivity index (χ3v) is 4.91. The predicted molar refractivity (Wildman–Crippen MR) is 102 cm³/mol. The summed E-state index contributed by atoms with van der Waals surface area (Å²) in [7, 11) is 1.54. The Morgan fingerprint density at radius 1 is 1.19 bits per heavy atom. The highest BCUT2D eigenvalue weighted by Gasteiger charge is 2.28. The molecule has 2 aliphatic heterocycles. The number of benzene rings is 1. The zero-order valence-electron chi connectivity index (χ0n) is 15.5. The van der Waals surface area contributed by atoms with E-state index in [9.17, 15) is 9.59 Å². The van der Waals surface area contributed by atoms with Gasteiger partial charge >= 0.3 is 0 Å². The Morgan fingerprint density at radius 2 is 1.89 bits per heavy atom. The Labute approximate surface area is 158 Å². The van der Waals surface area contributed by atoms with E-state index in [1.54, 1.807) is 18.2 Å². The van der Waals surface area contributed by atoms with Crippen LogP contribution in [0.25, 0.3) is 0 Å². The molecule has 3 N–H and O–H groups in total. The van der Waals surface area contributed by atoms with Gasteiger partial charge in [-0.05, 0) is 18.2 Å². The van der Waals surface area contributed by atoms with Crippen molar-refractivity contribution < 1.29 is 19.4 Å². The van der Waals surface area contributed by atoms with Crippen molar-refractivity contribution in [3.63, 3.8) is 0 Å². The molecule has 1 fully saturated rings. The first-order valence-corrected chi connectivity index (χ1v) is 9.15. The van der Waals surface area contributed by atoms with E-state index in [-0.39, 0.29) is 18.0 Å². The van der Waals surface area contributed by atoms with Gasteiger partial charge in [0.05, 0.1) is 25.0 Å². The van der Waals surface area contributed by atoms with Crippen molar-refractivity contribution in [3.8, 4) is 5.75 Å². The summed E-state index contributed by atoms with van der Waals surface area (Å²) in [4.78, 5) is 29.4. The number of piperazine rings is 1. The molecular weight excluding hydrogens is 348 g/mol. The molecule has 1 aromatic carbocycles. The second-order valence-electron chi connectivity index (χ2n) is 6.61. The molecule has 3 rings (SSSR count). The molecular formula is C19H26N4O4. The van der Waals surface area contributed by atoms with Crippen molar-refractivity contribution in [2.45, 2.75) is 0 Å². The van der Waals surface area contributed by atoms with E-state index in [2.05, 4.69) is 20.4 Å². The quantitative estimate of drug-likeness (QED) is 0.349. The molecule has 0 radical (unpaired) electrons. The highest BCUT2D eigenvalue weighted by Crippen LogP contribution is 2.28. The number of hydrogen-bond acceptors (Lipinski definition) is 7. The normalized spacial score (nSPS) is 19.7. The van der Waals surface area contributed by atoms with E-state index in [1.807, 2.05) is 0 Å². The number of aliphatic hydroxyl groups excluding tert-OH is 1. The van der Waals surface area contributed by atoms with Crippen LogP contribution < -0.4 is 15.4 Å². The fourth-order valence-electron chi connectivity index (χ4n) is 3.29. The summed E-state index contributed by atoms with van der Waals surface area (Å²) in [6, 6.07) is 5.01. The van der Waals surface area contributed by atoms with Crippen LogP contribution in [0.1, 0.15) is 10.4 Å². The van der Waals surface area contributed by atoms with Gasteiger partial charge in [-0.1, -0.05) is 0 Å². The number of nitrogens with one attached hydrogen (secondary N) is 2. The third-order valence-electron chi connectivity index (χ3n) is 4.91. The van der Waals surface area contributed by atoms with Crippen LogP contribution in [0.4, 0.5) is 5.69 Å². The zero-order valence-corrected chi connectivity index (χ0v) is 15.5. The summed E-state index contributed by atoms with van der Waals surface area (Å²) in [5.41, 5.74) is 1.04. The van der Waals surface area contributed by atoms with E-state index < -0.39 is 5.91 Å². The van der Waals surface area contributed by atoms with E-state index in [0.717, 1.165) is 39.3 Å². The van der Waals surface area contributed by atoms with Gasteiger partial charge in [0.2, 0.25) is 5.78 Å². The van der Waals surface area contributed by atoms with Gasteiger partial charge in [-0.15, -0.1) is 0 Å². The average Bonchev–Trinajstić information content (AvgIpc) is 2.68. The first-order chi connectivity index (χ1) is 13.1. The second kappa shape index (κ2) is 8.98. The molecule has 0 aliphatic carbocycles. The Hall–Kier alpha value is -2.42. The number of aliphatic hydroxyl groups is 1. The van der Waals surface area contributed by atoms with Crippen LogP contribution in [0.2, 0.25) is 0 Å². The minimum Gasteiger partial charge on any atom is -0.497 e. The fraction of sp³-hybridized carbons (Fsp3) is 0.474. The molecule has 27 heavy (non-hydrogen) atoms. The number of ether oxygens (including phenoxy) is 1. The maximum Gasteiger partial charge on any atom is 0.261 e. The number of amides is 1. The number of methoxy groups -OCH3 is 1. The lowest BCUT2D eigenvalue weighted by molar-refractivity contribution is -0.112. The molecule has 0 aromatic heterocycles. The second-order valence-corrected chi connectivity index (χ2v) is 6.61. The van der Waals surface area contributed by atoms with Gasteiger partial charge in [0.15, 0.2) is 0 Å². The topological polar surface area (TPSA) is 94.1 Å². The molecule has 0 spiro atoms. The predicted octanol–water partition coefficient (Wildman–Crippen LogP) is -0.0866. The Bertz CT molecular complexity index is 726. The zero-order chi connectivity index (χ0) is 19.2. The number of nitrogens with zero attached hydrogens (tertiary/aromatic N) is 2. The lowest BCUT2D eigenvalue weighted by Gasteiger charge is -2.34. The first kappa shape index (κ1) is 19.3. The van der Waals surface area contributed by atoms with Crippen LogP contribution in [0.5, 0.6) is 5.75 Å². The van der Waals surface area contributed by atoms with Crippen LogP contribution in [-0.2, 0) is 4.79 Å². The number of carbonyl (C=O) groups is 2. The molecule has 0 atom stereocenters. The van der Waals surface area contributed by atoms with Gasteiger partial charge in [-0.2, -0.15) is 0 Å². The summed E-state index contributed by atoms with van der Waals surface area (Å²) in [5, 5.41) is 14.8. The maximum absolute atomic E-state index is 12.6. The van der Waals surface area contributed by atoms with Crippen LogP contribution in [0.15, 0.2) is 30.0 Å². The first-order valence-electron chi connectivity index (χ1n) is 9.15. The van der Waals surface area contributed by atoms with Gasteiger partial charge in [0, 0.05) is 52.0 Å². The van der Waals surface area contributed by atoms with Crippen LogP contribution in [0, 0.1) is 0 Å². The van der Waals surface area contributed by atoms with Crippen molar-refractivity contribution in [1.82, 2.24) is 15.1 Å². The Balaban J connectivity index is 1.53. The minimum absolute atomic E-state index is 0.100. The minimum atomic E-state index is -0.400. The number of hydrogen-bond donors (Lipinski definition) is 3. The molecule has 0 unspecified atom stereocenters. The van der Waals surface area contributed by atoms with Crippen molar-refractivity contribution in [3.05, 3.63) is 35.5 Å². The van der Waals surface area contributed by atoms with Gasteiger partial charge in [-0.3, -0.25) is 19.4 Å². The summed E-state index contributed by atoms with van der Waals surface area (Å²) in [6.07, 6.45) is 1.50. The number of fused-ring (bicyclic) bond motifs is 1. The van der Waals surface area contributed by atoms with Gasteiger partial charge < -0.3 is 20.5 Å². The highest BCUT2D eigenvalue weighted by molar-refractivity contribution is 6.34. The van der Waals surface area contributed by atoms with Crippen molar-refractivity contribution in [1.29, 1.82) is 0 Å². The number of Topliss-reactive ketones (excluding diaryl/α,β-unsaturated/α-hetero) is 1. The lowest BCUT2D eigenvalue weighted by atomic mass is 9.97. The van der Waals surface area contributed by atoms with E-state index >= 15 is 0 Å². The Kier molecular flexibility index (Phi) is 6.44. The molecule has 146 valence electrons. The van der Waals surface area contributed by atoms with Gasteiger partial charge in [0.1, 0.15) is 11.3 Å². The molecule has 1 saturated heterocycles. The fourth-order valence-corrected chi connectivity index (χ4v) is 3.29. The number of carbonyl (C=O) groups excluding carboxylic acids is 2. The van der Waals surface area contributed by atoms with E-state index in [4.69, 9.17) is 9.84 Å². The summed E-state index contributed by atoms with van der Waals surface area (Å²) < 4.78 is 5.16. The average molecular weight is 374 g/mol. The third kappa shape index (κ3) is 4.65. The number of ketones is 1. The maximum atomic E-state index is 12.6. The van der Waals surface area contributed by atoms with Crippen molar-refractivity contribution in [2.75, 3.05) is 64.8 Å². The molecule has 1 amide bonds. The number of rotatable bonds is 7. The summed E-state index contributed by atoms with van der Waals surface area (Å²) in [5.74, 6) is -0.133. The van der Waals surface area contributed by atoms with Crippen LogP contribution in [-0.4, -0.2) is 86.1 Å². The lowest BCUT2D eigenvalue weighted by Crippen LogP contribution is -2.48. The van der Waals surface area contributed by atoms with Crippen molar-refractivity contribution >= 4 is 17.4 Å². The summed E-state index contributed by atoms with van der Waals surface area (Å²) in [6.45, 7) is 6.19. The number of β-amino-alcohol motifs (C(OH)–C–C–N with tert-alkyl or cyclic N) is 1. The molecule has 0 bridgehead atoms. The van der Waals surface area contributed by atoms with E-state index in [0.29, 0.717) is 23.5 Å². The van der Waals surface area contributed by atoms with Crippen LogP contribution in [0.3, 0.4) is 0 Å². The highest BCUT2D eigenvalue weighted by atomic mass is 16.5. The standard InChI is InChI=1S/C19H26N4O4/c1-27-14-2-3-17-15(12-14)18(25)16(19(26)21-17)13-20-4-5-22-6-8-23(9-7-22)10-11-24/h2-3,12-13,20,24H,4-11H2,1H3,(H,21,26)/b16-13+. The van der Waals surface area contributed by atoms with E-state index in [1.165, 1.54) is 13.3 Å². The van der Waals surface area contributed by atoms with Crippen LogP contribution >= 0.6 is 0 Å². The monoisotopic (exact) mass is 374 g/mol. The molecule has 2 aliphatic rings. The largest absolute Gasteiger partial charge is 0.497 e. The van der Waals surface area contributed by atoms with Gasteiger partial charge in [0.25, 0.3) is 5.91 Å². The SMILES string of the molecule is COc1ccc2c(c1)C(=O)/C(=C\NCCN1CCN(CCO)CC1)C(=O)N2. The smallest absolute Gasteiger partial charge is 0.261 e. The molecule has 0 saturated carbocycles. The molecule has 1 aromatic rings.